The van der Waals surface area contributed by atoms with Crippen molar-refractivity contribution in [2.45, 2.75) is 25.4 Å². The van der Waals surface area contributed by atoms with Crippen LogP contribution in [0.4, 0.5) is 0 Å². The van der Waals surface area contributed by atoms with Crippen molar-refractivity contribution < 1.29 is 4.74 Å². The molecule has 3 rings (SSSR count). The molecule has 6 heteroatoms. The summed E-state index contributed by atoms with van der Waals surface area (Å²) < 4.78 is 7.80. The van der Waals surface area contributed by atoms with E-state index in [1.165, 1.54) is 5.56 Å². The minimum absolute atomic E-state index is 0.551. The average molecular weight is 374 g/mol. The zero-order valence-corrected chi connectivity index (χ0v) is 15.8. The fourth-order valence-corrected chi connectivity index (χ4v) is 3.47. The van der Waals surface area contributed by atoms with E-state index in [0.29, 0.717) is 17.4 Å². The molecule has 1 aromatic heterocycles. The topological polar surface area (TPSA) is 39.9 Å². The van der Waals surface area contributed by atoms with Crippen molar-refractivity contribution in [2.24, 2.45) is 0 Å². The van der Waals surface area contributed by atoms with Crippen LogP contribution < -0.4 is 4.74 Å². The zero-order chi connectivity index (χ0) is 17.6. The van der Waals surface area contributed by atoms with E-state index in [0.717, 1.165) is 28.8 Å². The Morgan fingerprint density at radius 1 is 1.08 bits per heavy atom. The molecule has 0 atom stereocenters. The van der Waals surface area contributed by atoms with Gasteiger partial charge >= 0.3 is 0 Å². The van der Waals surface area contributed by atoms with Crippen molar-refractivity contribution in [1.82, 2.24) is 14.8 Å². The Morgan fingerprint density at radius 2 is 1.84 bits per heavy atom. The van der Waals surface area contributed by atoms with Crippen LogP contribution in [0, 0.1) is 6.92 Å². The Hall–Kier alpha value is -1.98. The molecule has 0 fully saturated rings. The molecule has 0 aliphatic carbocycles. The van der Waals surface area contributed by atoms with E-state index in [9.17, 15) is 0 Å². The molecule has 2 aromatic carbocycles. The van der Waals surface area contributed by atoms with E-state index in [1.807, 2.05) is 31.2 Å². The number of thioether (sulfide) groups is 1. The highest BCUT2D eigenvalue weighted by Crippen LogP contribution is 2.25. The molecule has 130 valence electrons. The molecule has 0 aliphatic heterocycles. The second kappa shape index (κ2) is 8.41. The van der Waals surface area contributed by atoms with Gasteiger partial charge < -0.3 is 4.74 Å². The van der Waals surface area contributed by atoms with Crippen LogP contribution in [0.1, 0.15) is 18.3 Å². The normalized spacial score (nSPS) is 10.8. The van der Waals surface area contributed by atoms with Crippen molar-refractivity contribution in [3.05, 3.63) is 64.9 Å². The monoisotopic (exact) mass is 373 g/mol. The number of aromatic nitrogens is 3. The van der Waals surface area contributed by atoms with E-state index in [1.54, 1.807) is 11.8 Å². The van der Waals surface area contributed by atoms with Gasteiger partial charge in [0.25, 0.3) is 0 Å². The fourth-order valence-electron chi connectivity index (χ4n) is 2.46. The van der Waals surface area contributed by atoms with Gasteiger partial charge in [0.15, 0.2) is 5.16 Å². The summed E-state index contributed by atoms with van der Waals surface area (Å²) in [6, 6.07) is 16.0. The van der Waals surface area contributed by atoms with Gasteiger partial charge in [-0.3, -0.25) is 4.57 Å². The molecular weight excluding hydrogens is 354 g/mol. The number of rotatable bonds is 7. The maximum Gasteiger partial charge on any atom is 0.195 e. The van der Waals surface area contributed by atoms with Crippen molar-refractivity contribution in [2.75, 3.05) is 12.4 Å². The zero-order valence-electron chi connectivity index (χ0n) is 14.3. The van der Waals surface area contributed by atoms with Crippen molar-refractivity contribution in [3.8, 4) is 11.4 Å². The van der Waals surface area contributed by atoms with Crippen molar-refractivity contribution in [1.29, 1.82) is 0 Å². The van der Waals surface area contributed by atoms with Gasteiger partial charge in [-0.25, -0.2) is 0 Å². The van der Waals surface area contributed by atoms with E-state index >= 15 is 0 Å². The maximum absolute atomic E-state index is 6.10. The number of nitrogens with zero attached hydrogens (tertiary/aromatic N) is 3. The molecule has 0 unspecified atom stereocenters. The molecule has 4 nitrogen and oxygen atoms in total. The molecule has 0 bridgehead atoms. The van der Waals surface area contributed by atoms with Crippen LogP contribution >= 0.6 is 23.4 Å². The molecule has 0 amide bonds. The first-order valence-electron chi connectivity index (χ1n) is 8.20. The number of para-hydroxylation sites is 1. The second-order valence-electron chi connectivity index (χ2n) is 5.51. The van der Waals surface area contributed by atoms with Crippen molar-refractivity contribution >= 4 is 23.4 Å². The fraction of sp³-hybridized carbons (Fsp3) is 0.263. The van der Waals surface area contributed by atoms with Crippen LogP contribution in [0.15, 0.2) is 53.7 Å². The molecule has 0 saturated heterocycles. The minimum atomic E-state index is 0.551. The van der Waals surface area contributed by atoms with E-state index < -0.39 is 0 Å². The third-order valence-corrected chi connectivity index (χ3v) is 5.01. The summed E-state index contributed by atoms with van der Waals surface area (Å²) in [5, 5.41) is 10.0. The summed E-state index contributed by atoms with van der Waals surface area (Å²) in [5.41, 5.74) is 2.39. The summed E-state index contributed by atoms with van der Waals surface area (Å²) in [6.45, 7) is 4.67. The summed E-state index contributed by atoms with van der Waals surface area (Å²) in [7, 11) is 0. The number of benzene rings is 2. The van der Waals surface area contributed by atoms with Crippen LogP contribution in [-0.2, 0) is 6.42 Å². The third kappa shape index (κ3) is 4.35. The predicted molar refractivity (Wildman–Crippen MR) is 103 cm³/mol. The first-order valence-corrected chi connectivity index (χ1v) is 9.57. The van der Waals surface area contributed by atoms with Gasteiger partial charge in [0.05, 0.1) is 11.6 Å². The first-order chi connectivity index (χ1) is 12.2. The summed E-state index contributed by atoms with van der Waals surface area (Å²) in [5.74, 6) is 2.34. The number of aryl methyl sites for hydroxylation is 2. The highest BCUT2D eigenvalue weighted by Gasteiger charge is 2.11. The van der Waals surface area contributed by atoms with Crippen LogP contribution in [0.5, 0.6) is 5.75 Å². The van der Waals surface area contributed by atoms with E-state index in [2.05, 4.69) is 46.0 Å². The highest BCUT2D eigenvalue weighted by molar-refractivity contribution is 7.99. The molecule has 1 heterocycles. The Bertz CT molecular complexity index is 833. The van der Waals surface area contributed by atoms with Crippen LogP contribution in [0.3, 0.4) is 0 Å². The van der Waals surface area contributed by atoms with Crippen LogP contribution in [0.25, 0.3) is 5.69 Å². The average Bonchev–Trinajstić information content (AvgIpc) is 3.01. The Labute approximate surface area is 157 Å². The number of hydrogen-bond acceptors (Lipinski definition) is 4. The molecule has 0 saturated carbocycles. The molecule has 25 heavy (non-hydrogen) atoms. The predicted octanol–water partition coefficient (Wildman–Crippen LogP) is 4.96. The quantitative estimate of drug-likeness (QED) is 0.433. The second-order valence-corrected chi connectivity index (χ2v) is 6.98. The number of hydrogen-bond donors (Lipinski definition) is 0. The smallest absolute Gasteiger partial charge is 0.195 e. The van der Waals surface area contributed by atoms with Gasteiger partial charge in [-0.2, -0.15) is 0 Å². The lowest BCUT2D eigenvalue weighted by Gasteiger charge is -2.10. The lowest BCUT2D eigenvalue weighted by atomic mass is 10.1. The van der Waals surface area contributed by atoms with Crippen molar-refractivity contribution in [3.63, 3.8) is 0 Å². The first kappa shape index (κ1) is 17.8. The molecule has 3 aromatic rings. The van der Waals surface area contributed by atoms with Gasteiger partial charge in [0.1, 0.15) is 11.6 Å². The van der Waals surface area contributed by atoms with E-state index in [4.69, 9.17) is 16.3 Å². The van der Waals surface area contributed by atoms with Gasteiger partial charge in [-0.15, -0.1) is 10.2 Å². The Morgan fingerprint density at radius 3 is 2.56 bits per heavy atom. The minimum Gasteiger partial charge on any atom is -0.491 e. The molecule has 0 aliphatic rings. The molecule has 0 spiro atoms. The van der Waals surface area contributed by atoms with Gasteiger partial charge in [-0.1, -0.05) is 54.6 Å². The van der Waals surface area contributed by atoms with E-state index in [-0.39, 0.29) is 0 Å². The Kier molecular flexibility index (Phi) is 6.00. The number of halogens is 1. The third-order valence-electron chi connectivity index (χ3n) is 3.81. The van der Waals surface area contributed by atoms with Gasteiger partial charge in [0.2, 0.25) is 0 Å². The Balaban J connectivity index is 1.64. The standard InChI is InChI=1S/C19H20ClN3OS/c1-3-15-8-10-16(11-9-15)23-14(2)21-22-19(23)25-13-12-24-18-7-5-4-6-17(18)20/h4-11H,3,12-13H2,1-2H3. The van der Waals surface area contributed by atoms with Gasteiger partial charge in [0, 0.05) is 11.4 Å². The molecule has 0 radical (unpaired) electrons. The summed E-state index contributed by atoms with van der Waals surface area (Å²) in [4.78, 5) is 0. The highest BCUT2D eigenvalue weighted by atomic mass is 35.5. The summed E-state index contributed by atoms with van der Waals surface area (Å²) >= 11 is 7.71. The summed E-state index contributed by atoms with van der Waals surface area (Å²) in [6.07, 6.45) is 1.03. The lowest BCUT2D eigenvalue weighted by molar-refractivity contribution is 0.344. The maximum atomic E-state index is 6.10. The van der Waals surface area contributed by atoms with Crippen LogP contribution in [0.2, 0.25) is 5.02 Å². The SMILES string of the molecule is CCc1ccc(-n2c(C)nnc2SCCOc2ccccc2Cl)cc1. The molecular formula is C19H20ClN3OS. The largest absolute Gasteiger partial charge is 0.491 e. The number of ether oxygens (including phenoxy) is 1. The van der Waals surface area contributed by atoms with Crippen LogP contribution in [-0.4, -0.2) is 27.1 Å². The molecule has 0 N–H and O–H groups in total. The van der Waals surface area contributed by atoms with Gasteiger partial charge in [-0.05, 0) is 43.2 Å². The lowest BCUT2D eigenvalue weighted by Crippen LogP contribution is -2.03.